The molecule has 1 amide bonds. The topological polar surface area (TPSA) is 78.5 Å². The van der Waals surface area contributed by atoms with E-state index in [-0.39, 0.29) is 11.8 Å². The number of aryl methyl sites for hydroxylation is 1. The molecule has 2 heterocycles. The molecule has 2 saturated heterocycles. The predicted molar refractivity (Wildman–Crippen MR) is 139 cm³/mol. The lowest BCUT2D eigenvalue weighted by atomic mass is 10.0. The molecule has 4 rings (SSSR count). The van der Waals surface area contributed by atoms with Crippen molar-refractivity contribution in [1.82, 2.24) is 5.32 Å². The van der Waals surface area contributed by atoms with Crippen LogP contribution in [0.25, 0.3) is 0 Å². The summed E-state index contributed by atoms with van der Waals surface area (Å²) >= 11 is 0. The molecular formula is C27H37N3O3S. The highest BCUT2D eigenvalue weighted by Crippen LogP contribution is 2.23. The maximum absolute atomic E-state index is 12.3. The van der Waals surface area contributed by atoms with Crippen LogP contribution in [-0.2, 0) is 21.1 Å². The standard InChI is InChI=1S/C27H37N3O3S/c31-27(9-5-4-8-22-6-2-1-3-7-22)29-25-10-12-26(13-11-25)30-17-14-24(15-18-30)28-20-23-16-19-34(32,33)21-23/h1-3,6-7,10-13,23-24,28H,4-5,8-9,14-21H2,(H,29,31). The van der Waals surface area contributed by atoms with Gasteiger partial charge >= 0.3 is 0 Å². The van der Waals surface area contributed by atoms with Crippen LogP contribution in [0.1, 0.15) is 44.1 Å². The van der Waals surface area contributed by atoms with E-state index in [0.717, 1.165) is 63.8 Å². The van der Waals surface area contributed by atoms with Crippen molar-refractivity contribution < 1.29 is 13.2 Å². The number of benzene rings is 2. The van der Waals surface area contributed by atoms with Crippen LogP contribution in [0.5, 0.6) is 0 Å². The van der Waals surface area contributed by atoms with E-state index in [1.54, 1.807) is 0 Å². The summed E-state index contributed by atoms with van der Waals surface area (Å²) in [6.45, 7) is 2.77. The third kappa shape index (κ3) is 7.57. The molecule has 0 radical (unpaired) electrons. The van der Waals surface area contributed by atoms with Gasteiger partial charge in [-0.2, -0.15) is 0 Å². The van der Waals surface area contributed by atoms with Crippen LogP contribution >= 0.6 is 0 Å². The minimum atomic E-state index is -2.80. The molecule has 0 spiro atoms. The molecule has 1 atom stereocenters. The molecule has 0 aliphatic carbocycles. The van der Waals surface area contributed by atoms with Gasteiger partial charge in [-0.1, -0.05) is 30.3 Å². The van der Waals surface area contributed by atoms with Crippen molar-refractivity contribution in [3.8, 4) is 0 Å². The Morgan fingerprint density at radius 3 is 2.35 bits per heavy atom. The van der Waals surface area contributed by atoms with Crippen LogP contribution in [0, 0.1) is 5.92 Å². The largest absolute Gasteiger partial charge is 0.371 e. The number of piperidine rings is 1. The van der Waals surface area contributed by atoms with Gasteiger partial charge in [-0.05, 0) is 80.8 Å². The molecule has 0 saturated carbocycles. The fourth-order valence-electron chi connectivity index (χ4n) is 4.95. The number of nitrogens with one attached hydrogen (secondary N) is 2. The minimum absolute atomic E-state index is 0.0720. The first kappa shape index (κ1) is 24.7. The monoisotopic (exact) mass is 483 g/mol. The van der Waals surface area contributed by atoms with Gasteiger partial charge in [0.25, 0.3) is 0 Å². The van der Waals surface area contributed by atoms with Crippen molar-refractivity contribution in [3.63, 3.8) is 0 Å². The highest BCUT2D eigenvalue weighted by Gasteiger charge is 2.28. The Labute approximate surface area is 204 Å². The average molecular weight is 484 g/mol. The Morgan fingerprint density at radius 2 is 1.68 bits per heavy atom. The molecule has 6 nitrogen and oxygen atoms in total. The second-order valence-electron chi connectivity index (χ2n) is 9.73. The Bertz CT molecular complexity index is 1020. The van der Waals surface area contributed by atoms with Gasteiger partial charge in [-0.3, -0.25) is 4.79 Å². The molecule has 2 aliphatic heterocycles. The van der Waals surface area contributed by atoms with Gasteiger partial charge in [0.2, 0.25) is 5.91 Å². The number of hydrogen-bond donors (Lipinski definition) is 2. The van der Waals surface area contributed by atoms with Gasteiger partial charge in [0.05, 0.1) is 11.5 Å². The van der Waals surface area contributed by atoms with Gasteiger partial charge in [-0.15, -0.1) is 0 Å². The number of amides is 1. The van der Waals surface area contributed by atoms with Gasteiger partial charge in [0.1, 0.15) is 0 Å². The van der Waals surface area contributed by atoms with Gasteiger partial charge < -0.3 is 15.5 Å². The number of hydrogen-bond acceptors (Lipinski definition) is 5. The number of carbonyl (C=O) groups excluding carboxylic acids is 1. The highest BCUT2D eigenvalue weighted by atomic mass is 32.2. The molecule has 0 aromatic heterocycles. The second-order valence-corrected chi connectivity index (χ2v) is 12.0. The van der Waals surface area contributed by atoms with E-state index in [2.05, 4.69) is 51.9 Å². The number of rotatable bonds is 10. The molecule has 184 valence electrons. The van der Waals surface area contributed by atoms with Gasteiger partial charge in [-0.25, -0.2) is 8.42 Å². The van der Waals surface area contributed by atoms with Crippen LogP contribution in [0.4, 0.5) is 11.4 Å². The Balaban J connectivity index is 1.13. The Morgan fingerprint density at radius 1 is 0.941 bits per heavy atom. The van der Waals surface area contributed by atoms with Crippen LogP contribution < -0.4 is 15.5 Å². The summed E-state index contributed by atoms with van der Waals surface area (Å²) < 4.78 is 23.3. The predicted octanol–water partition coefficient (Wildman–Crippen LogP) is 4.03. The summed E-state index contributed by atoms with van der Waals surface area (Å²) in [6, 6.07) is 19.0. The molecule has 34 heavy (non-hydrogen) atoms. The normalized spacial score (nSPS) is 20.4. The fourth-order valence-corrected chi connectivity index (χ4v) is 6.81. The summed E-state index contributed by atoms with van der Waals surface area (Å²) in [6.07, 6.45) is 6.37. The molecule has 0 bridgehead atoms. The van der Waals surface area contributed by atoms with Crippen LogP contribution in [0.3, 0.4) is 0 Å². The highest BCUT2D eigenvalue weighted by molar-refractivity contribution is 7.91. The molecule has 7 heteroatoms. The van der Waals surface area contributed by atoms with E-state index in [0.29, 0.717) is 24.0 Å². The molecule has 2 aliphatic rings. The smallest absolute Gasteiger partial charge is 0.224 e. The minimum Gasteiger partial charge on any atom is -0.371 e. The number of unbranched alkanes of at least 4 members (excludes halogenated alkanes) is 1. The van der Waals surface area contributed by atoms with Crippen molar-refractivity contribution in [2.75, 3.05) is 41.4 Å². The maximum atomic E-state index is 12.3. The first-order chi connectivity index (χ1) is 16.5. The molecule has 2 aromatic rings. The summed E-state index contributed by atoms with van der Waals surface area (Å²) in [5, 5.41) is 6.61. The number of carbonyl (C=O) groups is 1. The maximum Gasteiger partial charge on any atom is 0.224 e. The number of anilines is 2. The first-order valence-electron chi connectivity index (χ1n) is 12.6. The van der Waals surface area contributed by atoms with E-state index in [1.165, 1.54) is 11.3 Å². The lowest BCUT2D eigenvalue weighted by molar-refractivity contribution is -0.116. The molecule has 1 unspecified atom stereocenters. The van der Waals surface area contributed by atoms with Crippen molar-refractivity contribution in [2.45, 2.75) is 51.0 Å². The van der Waals surface area contributed by atoms with E-state index in [1.807, 2.05) is 18.2 Å². The third-order valence-electron chi connectivity index (χ3n) is 7.00. The van der Waals surface area contributed by atoms with Crippen molar-refractivity contribution >= 4 is 27.1 Å². The third-order valence-corrected chi connectivity index (χ3v) is 8.83. The zero-order valence-corrected chi connectivity index (χ0v) is 20.7. The molecule has 2 aromatic carbocycles. The van der Waals surface area contributed by atoms with E-state index >= 15 is 0 Å². The quantitative estimate of drug-likeness (QED) is 0.499. The Kier molecular flexibility index (Phi) is 8.62. The number of nitrogens with zero attached hydrogens (tertiary/aromatic N) is 1. The summed E-state index contributed by atoms with van der Waals surface area (Å²) in [5.74, 6) is 1.04. The van der Waals surface area contributed by atoms with Crippen molar-refractivity contribution in [3.05, 3.63) is 60.2 Å². The summed E-state index contributed by atoms with van der Waals surface area (Å²) in [5.41, 5.74) is 3.35. The van der Waals surface area contributed by atoms with Crippen LogP contribution in [0.2, 0.25) is 0 Å². The summed E-state index contributed by atoms with van der Waals surface area (Å²) in [7, 11) is -2.80. The van der Waals surface area contributed by atoms with E-state index in [9.17, 15) is 13.2 Å². The van der Waals surface area contributed by atoms with Crippen LogP contribution in [0.15, 0.2) is 54.6 Å². The number of sulfone groups is 1. The lowest BCUT2D eigenvalue weighted by Gasteiger charge is -2.34. The SMILES string of the molecule is O=C(CCCCc1ccccc1)Nc1ccc(N2CCC(NCC3CCS(=O)(=O)C3)CC2)cc1. The molecular weight excluding hydrogens is 446 g/mol. The zero-order chi connectivity index (χ0) is 23.8. The lowest BCUT2D eigenvalue weighted by Crippen LogP contribution is -2.44. The van der Waals surface area contributed by atoms with Gasteiger partial charge in [0, 0.05) is 36.9 Å². The van der Waals surface area contributed by atoms with Gasteiger partial charge in [0.15, 0.2) is 9.84 Å². The van der Waals surface area contributed by atoms with Crippen molar-refractivity contribution in [1.29, 1.82) is 0 Å². The fraction of sp³-hybridized carbons (Fsp3) is 0.519. The van der Waals surface area contributed by atoms with E-state index in [4.69, 9.17) is 0 Å². The van der Waals surface area contributed by atoms with Crippen LogP contribution in [-0.4, -0.2) is 51.5 Å². The molecule has 2 N–H and O–H groups in total. The Hall–Kier alpha value is -2.38. The first-order valence-corrected chi connectivity index (χ1v) is 14.4. The average Bonchev–Trinajstić information content (AvgIpc) is 3.20. The van der Waals surface area contributed by atoms with Crippen molar-refractivity contribution in [2.24, 2.45) is 5.92 Å². The molecule has 2 fully saturated rings. The zero-order valence-electron chi connectivity index (χ0n) is 19.9. The summed E-state index contributed by atoms with van der Waals surface area (Å²) in [4.78, 5) is 14.7. The second kappa shape index (κ2) is 11.8. The van der Waals surface area contributed by atoms with E-state index < -0.39 is 9.84 Å².